The van der Waals surface area contributed by atoms with E-state index in [1.54, 1.807) is 18.4 Å². The Bertz CT molecular complexity index is 618. The minimum absolute atomic E-state index is 0.235. The third-order valence-electron chi connectivity index (χ3n) is 2.96. The van der Waals surface area contributed by atoms with Crippen molar-refractivity contribution in [3.05, 3.63) is 47.2 Å². The number of aryl methyl sites for hydroxylation is 1. The third kappa shape index (κ3) is 2.68. The van der Waals surface area contributed by atoms with Crippen molar-refractivity contribution < 1.29 is 13.9 Å². The summed E-state index contributed by atoms with van der Waals surface area (Å²) in [6.07, 6.45) is 1.62. The van der Waals surface area contributed by atoms with Crippen LogP contribution < -0.4 is 0 Å². The van der Waals surface area contributed by atoms with Gasteiger partial charge in [0.25, 0.3) is 0 Å². The molecule has 0 aliphatic heterocycles. The molecule has 19 heavy (non-hydrogen) atoms. The van der Waals surface area contributed by atoms with Gasteiger partial charge in [-0.15, -0.1) is 0 Å². The summed E-state index contributed by atoms with van der Waals surface area (Å²) in [6.45, 7) is 4.09. The minimum atomic E-state index is -0.472. The van der Waals surface area contributed by atoms with E-state index < -0.39 is 5.97 Å². The quantitative estimate of drug-likeness (QED) is 0.790. The highest BCUT2D eigenvalue weighted by Crippen LogP contribution is 2.18. The number of carbonyl (C=O) groups excluding carboxylic acids is 1. The SMILES string of the molecule is Cc1cc(C(=O)OCC#N)c(C)n1Cc1ccco1. The summed E-state index contributed by atoms with van der Waals surface area (Å²) in [6, 6.07) is 7.25. The van der Waals surface area contributed by atoms with E-state index >= 15 is 0 Å². The number of nitrogens with zero attached hydrogens (tertiary/aromatic N) is 2. The van der Waals surface area contributed by atoms with Crippen LogP contribution in [-0.4, -0.2) is 17.1 Å². The van der Waals surface area contributed by atoms with Crippen LogP contribution in [0.25, 0.3) is 0 Å². The maximum atomic E-state index is 11.8. The molecule has 0 unspecified atom stereocenters. The number of rotatable bonds is 4. The molecule has 0 spiro atoms. The van der Waals surface area contributed by atoms with Gasteiger partial charge in [-0.25, -0.2) is 4.79 Å². The van der Waals surface area contributed by atoms with Gasteiger partial charge in [0.15, 0.2) is 6.61 Å². The molecule has 0 radical (unpaired) electrons. The Morgan fingerprint density at radius 1 is 1.53 bits per heavy atom. The third-order valence-corrected chi connectivity index (χ3v) is 2.96. The molecule has 0 amide bonds. The molecule has 0 aliphatic carbocycles. The van der Waals surface area contributed by atoms with Gasteiger partial charge < -0.3 is 13.7 Å². The summed E-state index contributed by atoms with van der Waals surface area (Å²) >= 11 is 0. The number of nitriles is 1. The Morgan fingerprint density at radius 2 is 2.32 bits per heavy atom. The van der Waals surface area contributed by atoms with E-state index in [-0.39, 0.29) is 6.61 Å². The second kappa shape index (κ2) is 5.44. The largest absolute Gasteiger partial charge is 0.467 e. The molecule has 0 fully saturated rings. The van der Waals surface area contributed by atoms with Crippen molar-refractivity contribution >= 4 is 5.97 Å². The zero-order valence-corrected chi connectivity index (χ0v) is 10.8. The van der Waals surface area contributed by atoms with E-state index in [0.29, 0.717) is 12.1 Å². The first-order valence-electron chi connectivity index (χ1n) is 5.86. The van der Waals surface area contributed by atoms with Gasteiger partial charge in [0, 0.05) is 11.4 Å². The van der Waals surface area contributed by atoms with E-state index in [4.69, 9.17) is 14.4 Å². The molecule has 0 bridgehead atoms. The molecule has 0 N–H and O–H groups in total. The molecule has 0 saturated carbocycles. The molecule has 0 saturated heterocycles. The monoisotopic (exact) mass is 258 g/mol. The van der Waals surface area contributed by atoms with E-state index in [0.717, 1.165) is 17.1 Å². The molecule has 2 aromatic rings. The van der Waals surface area contributed by atoms with Gasteiger partial charge in [0.1, 0.15) is 11.8 Å². The second-order valence-electron chi connectivity index (χ2n) is 4.18. The smallest absolute Gasteiger partial charge is 0.341 e. The van der Waals surface area contributed by atoms with Gasteiger partial charge in [-0.3, -0.25) is 0 Å². The highest BCUT2D eigenvalue weighted by Gasteiger charge is 2.17. The predicted octanol–water partition coefficient (Wildman–Crippen LogP) is 2.43. The Morgan fingerprint density at radius 3 is 2.95 bits per heavy atom. The highest BCUT2D eigenvalue weighted by molar-refractivity contribution is 5.91. The van der Waals surface area contributed by atoms with Gasteiger partial charge in [-0.05, 0) is 32.0 Å². The fourth-order valence-corrected chi connectivity index (χ4v) is 1.99. The first-order valence-corrected chi connectivity index (χ1v) is 5.86. The van der Waals surface area contributed by atoms with E-state index in [1.165, 1.54) is 0 Å². The fraction of sp³-hybridized carbons (Fsp3) is 0.286. The minimum Gasteiger partial charge on any atom is -0.467 e. The van der Waals surface area contributed by atoms with Crippen LogP contribution in [0.3, 0.4) is 0 Å². The molecular weight excluding hydrogens is 244 g/mol. The molecule has 98 valence electrons. The number of hydrogen-bond acceptors (Lipinski definition) is 4. The van der Waals surface area contributed by atoms with Gasteiger partial charge in [-0.2, -0.15) is 5.26 Å². The van der Waals surface area contributed by atoms with Gasteiger partial charge in [-0.1, -0.05) is 0 Å². The summed E-state index contributed by atoms with van der Waals surface area (Å²) < 4.78 is 12.1. The topological polar surface area (TPSA) is 68.2 Å². The summed E-state index contributed by atoms with van der Waals surface area (Å²) in [5.41, 5.74) is 2.23. The van der Waals surface area contributed by atoms with E-state index in [2.05, 4.69) is 0 Å². The summed E-state index contributed by atoms with van der Waals surface area (Å²) in [5, 5.41) is 8.42. The van der Waals surface area contributed by atoms with Crippen molar-refractivity contribution in [3.63, 3.8) is 0 Å². The van der Waals surface area contributed by atoms with Crippen molar-refractivity contribution in [2.24, 2.45) is 0 Å². The lowest BCUT2D eigenvalue weighted by Gasteiger charge is -2.07. The number of furan rings is 1. The Hall–Kier alpha value is -2.48. The number of ether oxygens (including phenoxy) is 1. The zero-order valence-electron chi connectivity index (χ0n) is 10.8. The predicted molar refractivity (Wildman–Crippen MR) is 67.6 cm³/mol. The van der Waals surface area contributed by atoms with Crippen LogP contribution >= 0.6 is 0 Å². The highest BCUT2D eigenvalue weighted by atomic mass is 16.5. The molecule has 2 heterocycles. The van der Waals surface area contributed by atoms with Crippen LogP contribution in [-0.2, 0) is 11.3 Å². The van der Waals surface area contributed by atoms with Crippen LogP contribution in [0, 0.1) is 25.2 Å². The van der Waals surface area contributed by atoms with E-state index in [1.807, 2.05) is 30.5 Å². The molecule has 2 aromatic heterocycles. The van der Waals surface area contributed by atoms with Crippen LogP contribution in [0.1, 0.15) is 27.5 Å². The first kappa shape index (κ1) is 13.0. The lowest BCUT2D eigenvalue weighted by molar-refractivity contribution is 0.0554. The average molecular weight is 258 g/mol. The van der Waals surface area contributed by atoms with Gasteiger partial charge >= 0.3 is 5.97 Å². The summed E-state index contributed by atoms with van der Waals surface area (Å²) in [5.74, 6) is 0.346. The lowest BCUT2D eigenvalue weighted by atomic mass is 10.2. The van der Waals surface area contributed by atoms with Crippen LogP contribution in [0.15, 0.2) is 28.9 Å². The molecule has 0 atom stereocenters. The number of hydrogen-bond donors (Lipinski definition) is 0. The van der Waals surface area contributed by atoms with Crippen molar-refractivity contribution in [1.29, 1.82) is 5.26 Å². The van der Waals surface area contributed by atoms with Crippen molar-refractivity contribution in [2.45, 2.75) is 20.4 Å². The normalized spacial score (nSPS) is 10.2. The summed E-state index contributed by atoms with van der Waals surface area (Å²) in [7, 11) is 0. The Labute approximate surface area is 111 Å². The van der Waals surface area contributed by atoms with Crippen molar-refractivity contribution in [3.8, 4) is 6.07 Å². The molecular formula is C14H14N2O3. The average Bonchev–Trinajstić information content (AvgIpc) is 2.99. The molecule has 0 aliphatic rings. The Kier molecular flexibility index (Phi) is 3.71. The molecule has 5 nitrogen and oxygen atoms in total. The Balaban J connectivity index is 2.24. The van der Waals surface area contributed by atoms with Crippen LogP contribution in [0.2, 0.25) is 0 Å². The summed E-state index contributed by atoms with van der Waals surface area (Å²) in [4.78, 5) is 11.8. The second-order valence-corrected chi connectivity index (χ2v) is 4.18. The van der Waals surface area contributed by atoms with Crippen LogP contribution in [0.4, 0.5) is 0 Å². The van der Waals surface area contributed by atoms with E-state index in [9.17, 15) is 4.79 Å². The molecule has 0 aromatic carbocycles. The van der Waals surface area contributed by atoms with Crippen LogP contribution in [0.5, 0.6) is 0 Å². The zero-order chi connectivity index (χ0) is 13.8. The number of carbonyl (C=O) groups is 1. The number of aromatic nitrogens is 1. The number of esters is 1. The maximum Gasteiger partial charge on any atom is 0.341 e. The standard InChI is InChI=1S/C14H14N2O3/c1-10-8-13(14(17)19-7-5-15)11(2)16(10)9-12-4-3-6-18-12/h3-4,6,8H,7,9H2,1-2H3. The van der Waals surface area contributed by atoms with Gasteiger partial charge in [0.05, 0.1) is 18.4 Å². The first-order chi connectivity index (χ1) is 9.13. The van der Waals surface area contributed by atoms with Crippen molar-refractivity contribution in [2.75, 3.05) is 6.61 Å². The lowest BCUT2D eigenvalue weighted by Crippen LogP contribution is -2.08. The maximum absolute atomic E-state index is 11.8. The van der Waals surface area contributed by atoms with Gasteiger partial charge in [0.2, 0.25) is 0 Å². The molecule has 2 rings (SSSR count). The van der Waals surface area contributed by atoms with Crippen molar-refractivity contribution in [1.82, 2.24) is 4.57 Å². The fourth-order valence-electron chi connectivity index (χ4n) is 1.99. The molecule has 5 heteroatoms.